The van der Waals surface area contributed by atoms with Gasteiger partial charge in [-0.3, -0.25) is 9.78 Å². The summed E-state index contributed by atoms with van der Waals surface area (Å²) in [4.78, 5) is 18.2. The van der Waals surface area contributed by atoms with Crippen LogP contribution in [0.25, 0.3) is 0 Å². The summed E-state index contributed by atoms with van der Waals surface area (Å²) in [6.07, 6.45) is 3.49. The van der Waals surface area contributed by atoms with Gasteiger partial charge in [-0.2, -0.15) is 0 Å². The van der Waals surface area contributed by atoms with Crippen LogP contribution in [0.1, 0.15) is 24.1 Å². The Morgan fingerprint density at radius 1 is 1.17 bits per heavy atom. The van der Waals surface area contributed by atoms with Crippen LogP contribution in [-0.2, 0) is 11.3 Å². The minimum atomic E-state index is -0.296. The molecule has 23 heavy (non-hydrogen) atoms. The van der Waals surface area contributed by atoms with Crippen LogP contribution in [0.5, 0.6) is 0 Å². The molecule has 0 radical (unpaired) electrons. The summed E-state index contributed by atoms with van der Waals surface area (Å²) < 4.78 is 0. The van der Waals surface area contributed by atoms with Crippen molar-refractivity contribution in [3.63, 3.8) is 0 Å². The van der Waals surface area contributed by atoms with E-state index in [-0.39, 0.29) is 42.7 Å². The lowest BCUT2D eigenvalue weighted by Crippen LogP contribution is -2.36. The molecular weight excluding hydrogens is 333 g/mol. The Morgan fingerprint density at radius 2 is 1.83 bits per heavy atom. The summed E-state index contributed by atoms with van der Waals surface area (Å²) in [5.41, 5.74) is 8.20. The highest BCUT2D eigenvalue weighted by molar-refractivity contribution is 5.85. The molecule has 0 aliphatic carbocycles. The van der Waals surface area contributed by atoms with Gasteiger partial charge in [0.1, 0.15) is 0 Å². The van der Waals surface area contributed by atoms with Crippen LogP contribution >= 0.6 is 24.8 Å². The number of carbonyl (C=O) groups excluding carboxylic acids is 1. The van der Waals surface area contributed by atoms with E-state index in [0.29, 0.717) is 6.54 Å². The van der Waals surface area contributed by atoms with Gasteiger partial charge >= 0.3 is 0 Å². The second-order valence-electron chi connectivity index (χ2n) is 5.28. The van der Waals surface area contributed by atoms with Gasteiger partial charge in [-0.15, -0.1) is 24.8 Å². The van der Waals surface area contributed by atoms with E-state index < -0.39 is 0 Å². The molecule has 0 bridgehead atoms. The fraction of sp³-hybridized carbons (Fsp3) is 0.294. The molecule has 2 rings (SSSR count). The Labute approximate surface area is 149 Å². The van der Waals surface area contributed by atoms with E-state index in [4.69, 9.17) is 5.73 Å². The van der Waals surface area contributed by atoms with Gasteiger partial charge in [0.2, 0.25) is 5.91 Å². The third-order valence-electron chi connectivity index (χ3n) is 3.63. The molecule has 0 spiro atoms. The number of rotatable bonds is 5. The molecule has 1 aromatic heterocycles. The standard InChI is InChI=1S/C17H21N3O.2ClH/c1-13(16(18)15-8-4-3-5-9-15)17(21)20(2)12-14-7-6-10-19-11-14;;/h3-11,13,16H,12,18H2,1-2H3;2*1H. The third-order valence-corrected chi connectivity index (χ3v) is 3.63. The zero-order valence-electron chi connectivity index (χ0n) is 13.3. The van der Waals surface area contributed by atoms with Crippen LogP contribution in [0.2, 0.25) is 0 Å². The highest BCUT2D eigenvalue weighted by Gasteiger charge is 2.24. The molecule has 2 atom stereocenters. The normalized spacial score (nSPS) is 12.3. The van der Waals surface area contributed by atoms with Gasteiger partial charge in [-0.25, -0.2) is 0 Å². The number of nitrogens with zero attached hydrogens (tertiary/aromatic N) is 2. The van der Waals surface area contributed by atoms with Crippen molar-refractivity contribution in [2.75, 3.05) is 7.05 Å². The van der Waals surface area contributed by atoms with Gasteiger partial charge < -0.3 is 10.6 Å². The van der Waals surface area contributed by atoms with Gasteiger partial charge in [0, 0.05) is 32.0 Å². The first-order valence-corrected chi connectivity index (χ1v) is 7.04. The number of carbonyl (C=O) groups is 1. The molecule has 0 saturated carbocycles. The molecule has 0 saturated heterocycles. The fourth-order valence-corrected chi connectivity index (χ4v) is 2.31. The average molecular weight is 356 g/mol. The van der Waals surface area contributed by atoms with E-state index in [0.717, 1.165) is 11.1 Å². The molecule has 1 aromatic carbocycles. The number of hydrogen-bond acceptors (Lipinski definition) is 3. The quantitative estimate of drug-likeness (QED) is 0.895. The Balaban J connectivity index is 0.00000242. The van der Waals surface area contributed by atoms with E-state index in [1.54, 1.807) is 24.3 Å². The van der Waals surface area contributed by atoms with Gasteiger partial charge in [-0.05, 0) is 17.2 Å². The first kappa shape index (κ1) is 21.4. The fourth-order valence-electron chi connectivity index (χ4n) is 2.31. The molecule has 0 aliphatic rings. The maximum Gasteiger partial charge on any atom is 0.227 e. The number of amides is 1. The first-order chi connectivity index (χ1) is 10.1. The van der Waals surface area contributed by atoms with Crippen molar-refractivity contribution in [1.82, 2.24) is 9.88 Å². The molecule has 0 fully saturated rings. The lowest BCUT2D eigenvalue weighted by molar-refractivity contribution is -0.134. The number of hydrogen-bond donors (Lipinski definition) is 1. The number of aromatic nitrogens is 1. The van der Waals surface area contributed by atoms with Gasteiger partial charge in [0.05, 0.1) is 5.92 Å². The molecule has 6 heteroatoms. The van der Waals surface area contributed by atoms with Crippen LogP contribution in [0.4, 0.5) is 0 Å². The summed E-state index contributed by atoms with van der Waals surface area (Å²) >= 11 is 0. The molecule has 1 heterocycles. The smallest absolute Gasteiger partial charge is 0.227 e. The molecule has 2 unspecified atom stereocenters. The monoisotopic (exact) mass is 355 g/mol. The second kappa shape index (κ2) is 10.2. The zero-order chi connectivity index (χ0) is 15.2. The Morgan fingerprint density at radius 3 is 2.39 bits per heavy atom. The molecule has 2 aromatic rings. The van der Waals surface area contributed by atoms with Gasteiger partial charge in [-0.1, -0.05) is 43.3 Å². The van der Waals surface area contributed by atoms with Crippen LogP contribution in [0, 0.1) is 5.92 Å². The zero-order valence-corrected chi connectivity index (χ0v) is 14.9. The Kier molecular flexibility index (Phi) is 9.49. The topological polar surface area (TPSA) is 59.2 Å². The molecule has 0 aliphatic heterocycles. The van der Waals surface area contributed by atoms with Crippen molar-refractivity contribution in [1.29, 1.82) is 0 Å². The Bertz CT molecular complexity index is 581. The number of halogens is 2. The van der Waals surface area contributed by atoms with Crippen molar-refractivity contribution in [2.45, 2.75) is 19.5 Å². The lowest BCUT2D eigenvalue weighted by atomic mass is 9.94. The largest absolute Gasteiger partial charge is 0.341 e. The predicted molar refractivity (Wildman–Crippen MR) is 97.7 cm³/mol. The summed E-state index contributed by atoms with van der Waals surface area (Å²) in [5.74, 6) is -0.232. The summed E-state index contributed by atoms with van der Waals surface area (Å²) in [7, 11) is 1.80. The van der Waals surface area contributed by atoms with Crippen molar-refractivity contribution in [3.05, 3.63) is 66.0 Å². The SMILES string of the molecule is CC(C(=O)N(C)Cc1cccnc1)C(N)c1ccccc1.Cl.Cl. The molecule has 126 valence electrons. The Hall–Kier alpha value is -1.62. The second-order valence-corrected chi connectivity index (χ2v) is 5.28. The van der Waals surface area contributed by atoms with Gasteiger partial charge in [0.25, 0.3) is 0 Å². The van der Waals surface area contributed by atoms with Crippen molar-refractivity contribution in [3.8, 4) is 0 Å². The van der Waals surface area contributed by atoms with Crippen LogP contribution < -0.4 is 5.73 Å². The molecule has 2 N–H and O–H groups in total. The lowest BCUT2D eigenvalue weighted by Gasteiger charge is -2.25. The van der Waals surface area contributed by atoms with E-state index in [1.165, 1.54) is 0 Å². The van der Waals surface area contributed by atoms with Crippen molar-refractivity contribution < 1.29 is 4.79 Å². The average Bonchev–Trinajstić information content (AvgIpc) is 2.54. The summed E-state index contributed by atoms with van der Waals surface area (Å²) in [5, 5.41) is 0. The maximum absolute atomic E-state index is 12.5. The van der Waals surface area contributed by atoms with E-state index in [2.05, 4.69) is 4.98 Å². The minimum absolute atomic E-state index is 0. The summed E-state index contributed by atoms with van der Waals surface area (Å²) in [6.45, 7) is 2.41. The van der Waals surface area contributed by atoms with E-state index in [1.807, 2.05) is 49.4 Å². The molecule has 1 amide bonds. The number of nitrogens with two attached hydrogens (primary N) is 1. The first-order valence-electron chi connectivity index (χ1n) is 7.04. The van der Waals surface area contributed by atoms with E-state index >= 15 is 0 Å². The highest BCUT2D eigenvalue weighted by Crippen LogP contribution is 2.21. The third kappa shape index (κ3) is 5.82. The van der Waals surface area contributed by atoms with Crippen molar-refractivity contribution in [2.24, 2.45) is 11.7 Å². The number of benzene rings is 1. The van der Waals surface area contributed by atoms with Crippen LogP contribution in [0.3, 0.4) is 0 Å². The summed E-state index contributed by atoms with van der Waals surface area (Å²) in [6, 6.07) is 13.3. The number of pyridine rings is 1. The molecule has 4 nitrogen and oxygen atoms in total. The molecular formula is C17H23Cl2N3O. The minimum Gasteiger partial charge on any atom is -0.341 e. The predicted octanol–water partition coefficient (Wildman–Crippen LogP) is 3.22. The maximum atomic E-state index is 12.5. The van der Waals surface area contributed by atoms with Crippen LogP contribution in [0.15, 0.2) is 54.9 Å². The van der Waals surface area contributed by atoms with Crippen molar-refractivity contribution >= 4 is 30.7 Å². The van der Waals surface area contributed by atoms with Crippen LogP contribution in [-0.4, -0.2) is 22.8 Å². The highest BCUT2D eigenvalue weighted by atomic mass is 35.5. The van der Waals surface area contributed by atoms with Gasteiger partial charge in [0.15, 0.2) is 0 Å². The van der Waals surface area contributed by atoms with E-state index in [9.17, 15) is 4.79 Å².